The predicted octanol–water partition coefficient (Wildman–Crippen LogP) is 1.44. The molecule has 1 N–H and O–H groups in total. The van der Waals surface area contributed by atoms with Gasteiger partial charge in [-0.25, -0.2) is 0 Å². The highest BCUT2D eigenvalue weighted by molar-refractivity contribution is 5.75. The van der Waals surface area contributed by atoms with E-state index in [2.05, 4.69) is 20.2 Å². The molecule has 2 aliphatic rings. The Bertz CT molecular complexity index is 1160. The van der Waals surface area contributed by atoms with Gasteiger partial charge in [0.1, 0.15) is 19.0 Å². The standard InChI is InChI=1S/C23H27N5O4/c1-30-18-11-20-19(26-13-18)2-3-23(29)28(20)7-6-27-5-4-16(15-27)24-12-17-10-21-22(14-25-17)32-9-8-31-21/h2-3,10-11,13-14,16,24H,4-9,12,15H2,1H3/t16-/m0/s1. The van der Waals surface area contributed by atoms with Gasteiger partial charge >= 0.3 is 0 Å². The van der Waals surface area contributed by atoms with Crippen LogP contribution in [-0.2, 0) is 13.1 Å². The number of likely N-dealkylation sites (tertiary alicyclic amines) is 1. The molecule has 0 amide bonds. The predicted molar refractivity (Wildman–Crippen MR) is 119 cm³/mol. The van der Waals surface area contributed by atoms with Crippen molar-refractivity contribution in [2.45, 2.75) is 25.6 Å². The van der Waals surface area contributed by atoms with Gasteiger partial charge < -0.3 is 24.1 Å². The van der Waals surface area contributed by atoms with Crippen molar-refractivity contribution in [3.8, 4) is 17.2 Å². The van der Waals surface area contributed by atoms with Gasteiger partial charge in [-0.2, -0.15) is 0 Å². The average molecular weight is 438 g/mol. The van der Waals surface area contributed by atoms with Gasteiger partial charge in [-0.15, -0.1) is 0 Å². The fourth-order valence-electron chi connectivity index (χ4n) is 4.27. The van der Waals surface area contributed by atoms with E-state index in [0.717, 1.165) is 48.5 Å². The third-order valence-corrected chi connectivity index (χ3v) is 6.02. The number of nitrogens with one attached hydrogen (secondary N) is 1. The Morgan fingerprint density at radius 3 is 2.88 bits per heavy atom. The van der Waals surface area contributed by atoms with Gasteiger partial charge in [0, 0.05) is 50.4 Å². The first-order valence-corrected chi connectivity index (χ1v) is 10.9. The van der Waals surface area contributed by atoms with Gasteiger partial charge in [-0.1, -0.05) is 0 Å². The normalized spacial score (nSPS) is 18.2. The van der Waals surface area contributed by atoms with Crippen molar-refractivity contribution in [3.05, 3.63) is 52.7 Å². The van der Waals surface area contributed by atoms with E-state index in [0.29, 0.717) is 43.8 Å². The first-order chi connectivity index (χ1) is 15.7. The summed E-state index contributed by atoms with van der Waals surface area (Å²) >= 11 is 0. The Morgan fingerprint density at radius 1 is 1.12 bits per heavy atom. The van der Waals surface area contributed by atoms with E-state index in [1.54, 1.807) is 36.2 Å². The molecule has 0 aliphatic carbocycles. The van der Waals surface area contributed by atoms with E-state index >= 15 is 0 Å². The van der Waals surface area contributed by atoms with Crippen LogP contribution in [-0.4, -0.2) is 65.4 Å². The van der Waals surface area contributed by atoms with Crippen LogP contribution in [0.5, 0.6) is 17.2 Å². The van der Waals surface area contributed by atoms with Crippen molar-refractivity contribution in [2.24, 2.45) is 0 Å². The third kappa shape index (κ3) is 4.39. The van der Waals surface area contributed by atoms with Crippen LogP contribution in [0.3, 0.4) is 0 Å². The largest absolute Gasteiger partial charge is 0.495 e. The van der Waals surface area contributed by atoms with Crippen molar-refractivity contribution in [3.63, 3.8) is 0 Å². The molecule has 9 heteroatoms. The molecule has 3 aromatic heterocycles. The van der Waals surface area contributed by atoms with Crippen LogP contribution in [0.15, 0.2) is 41.5 Å². The lowest BCUT2D eigenvalue weighted by Crippen LogP contribution is -2.34. The highest BCUT2D eigenvalue weighted by atomic mass is 16.6. The maximum absolute atomic E-state index is 12.5. The highest BCUT2D eigenvalue weighted by Gasteiger charge is 2.22. The molecule has 0 bridgehead atoms. The van der Waals surface area contributed by atoms with Crippen LogP contribution in [0, 0.1) is 0 Å². The minimum Gasteiger partial charge on any atom is -0.495 e. The fraction of sp³-hybridized carbons (Fsp3) is 0.435. The molecule has 1 fully saturated rings. The number of hydrogen-bond acceptors (Lipinski definition) is 8. The quantitative estimate of drug-likeness (QED) is 0.594. The van der Waals surface area contributed by atoms with E-state index in [1.807, 2.05) is 12.1 Å². The maximum Gasteiger partial charge on any atom is 0.251 e. The summed E-state index contributed by atoms with van der Waals surface area (Å²) in [7, 11) is 1.60. The zero-order valence-electron chi connectivity index (χ0n) is 18.1. The second kappa shape index (κ2) is 9.13. The Balaban J connectivity index is 1.17. The molecule has 0 radical (unpaired) electrons. The molecule has 0 spiro atoms. The molecular weight excluding hydrogens is 410 g/mol. The molecule has 9 nitrogen and oxygen atoms in total. The van der Waals surface area contributed by atoms with Crippen LogP contribution < -0.4 is 25.1 Å². The number of nitrogens with zero attached hydrogens (tertiary/aromatic N) is 4. The molecule has 0 saturated carbocycles. The minimum atomic E-state index is -0.0221. The Kier molecular flexibility index (Phi) is 5.91. The number of pyridine rings is 3. The van der Waals surface area contributed by atoms with Crippen molar-refractivity contribution < 1.29 is 14.2 Å². The topological polar surface area (TPSA) is 90.7 Å². The third-order valence-electron chi connectivity index (χ3n) is 6.02. The van der Waals surface area contributed by atoms with Gasteiger partial charge in [0.2, 0.25) is 0 Å². The molecule has 168 valence electrons. The lowest BCUT2D eigenvalue weighted by atomic mass is 10.2. The second-order valence-corrected chi connectivity index (χ2v) is 8.09. The summed E-state index contributed by atoms with van der Waals surface area (Å²) in [4.78, 5) is 23.7. The van der Waals surface area contributed by atoms with Crippen LogP contribution in [0.2, 0.25) is 0 Å². The van der Waals surface area contributed by atoms with Crippen molar-refractivity contribution in [2.75, 3.05) is 40.0 Å². The molecule has 5 heterocycles. The van der Waals surface area contributed by atoms with Crippen molar-refractivity contribution >= 4 is 11.0 Å². The van der Waals surface area contributed by atoms with E-state index in [9.17, 15) is 4.79 Å². The number of ether oxygens (including phenoxy) is 3. The molecule has 0 unspecified atom stereocenters. The van der Waals surface area contributed by atoms with Crippen LogP contribution in [0.4, 0.5) is 0 Å². The summed E-state index contributed by atoms with van der Waals surface area (Å²) in [5.41, 5.74) is 2.51. The highest BCUT2D eigenvalue weighted by Crippen LogP contribution is 2.29. The smallest absolute Gasteiger partial charge is 0.251 e. The first kappa shape index (κ1) is 20.7. The summed E-state index contributed by atoms with van der Waals surface area (Å²) < 4.78 is 18.2. The van der Waals surface area contributed by atoms with Gasteiger partial charge in [0.15, 0.2) is 11.5 Å². The Labute approximate surface area is 185 Å². The number of hydrogen-bond donors (Lipinski definition) is 1. The SMILES string of the molecule is COc1cnc2ccc(=O)n(CCN3CC[C@H](NCc4cc5c(cn4)OCCO5)C3)c2c1. The summed E-state index contributed by atoms with van der Waals surface area (Å²) in [5, 5.41) is 3.59. The zero-order chi connectivity index (χ0) is 21.9. The zero-order valence-corrected chi connectivity index (χ0v) is 18.1. The van der Waals surface area contributed by atoms with Crippen molar-refractivity contribution in [1.29, 1.82) is 0 Å². The molecule has 5 rings (SSSR count). The lowest BCUT2D eigenvalue weighted by molar-refractivity contribution is 0.170. The summed E-state index contributed by atoms with van der Waals surface area (Å²) in [6, 6.07) is 7.55. The molecule has 0 aromatic carbocycles. The Hall–Kier alpha value is -3.17. The first-order valence-electron chi connectivity index (χ1n) is 10.9. The maximum atomic E-state index is 12.5. The number of fused-ring (bicyclic) bond motifs is 2. The second-order valence-electron chi connectivity index (χ2n) is 8.09. The van der Waals surface area contributed by atoms with E-state index in [4.69, 9.17) is 14.2 Å². The lowest BCUT2D eigenvalue weighted by Gasteiger charge is -2.19. The molecule has 32 heavy (non-hydrogen) atoms. The minimum absolute atomic E-state index is 0.0221. The molecule has 1 saturated heterocycles. The van der Waals surface area contributed by atoms with Gasteiger partial charge in [0.25, 0.3) is 5.56 Å². The monoisotopic (exact) mass is 437 g/mol. The van der Waals surface area contributed by atoms with Crippen molar-refractivity contribution in [1.82, 2.24) is 24.8 Å². The fourth-order valence-corrected chi connectivity index (χ4v) is 4.27. The summed E-state index contributed by atoms with van der Waals surface area (Å²) in [5.74, 6) is 2.13. The average Bonchev–Trinajstić information content (AvgIpc) is 3.29. The Morgan fingerprint density at radius 2 is 2.00 bits per heavy atom. The van der Waals surface area contributed by atoms with Crippen LogP contribution in [0.1, 0.15) is 12.1 Å². The molecular formula is C23H27N5O4. The van der Waals surface area contributed by atoms with Crippen LogP contribution >= 0.6 is 0 Å². The molecule has 3 aromatic rings. The van der Waals surface area contributed by atoms with E-state index in [-0.39, 0.29) is 5.56 Å². The van der Waals surface area contributed by atoms with E-state index in [1.165, 1.54) is 0 Å². The summed E-state index contributed by atoms with van der Waals surface area (Å²) in [6.45, 7) is 5.17. The summed E-state index contributed by atoms with van der Waals surface area (Å²) in [6.07, 6.45) is 4.47. The number of methoxy groups -OCH3 is 1. The molecule has 2 aliphatic heterocycles. The van der Waals surface area contributed by atoms with Gasteiger partial charge in [0.05, 0.1) is 36.2 Å². The van der Waals surface area contributed by atoms with Gasteiger partial charge in [-0.3, -0.25) is 19.7 Å². The van der Waals surface area contributed by atoms with E-state index < -0.39 is 0 Å². The van der Waals surface area contributed by atoms with Gasteiger partial charge in [-0.05, 0) is 19.0 Å². The number of rotatable bonds is 7. The molecule has 1 atom stereocenters. The van der Waals surface area contributed by atoms with Crippen LogP contribution in [0.25, 0.3) is 11.0 Å². The number of aromatic nitrogens is 3.